The predicted octanol–water partition coefficient (Wildman–Crippen LogP) is 4.49. The third-order valence-electron chi connectivity index (χ3n) is 5.02. The third kappa shape index (κ3) is 3.32. The van der Waals surface area contributed by atoms with E-state index in [-0.39, 0.29) is 17.6 Å². The molecule has 1 unspecified atom stereocenters. The van der Waals surface area contributed by atoms with Gasteiger partial charge in [0.1, 0.15) is 11.6 Å². The molecule has 1 aliphatic carbocycles. The summed E-state index contributed by atoms with van der Waals surface area (Å²) in [7, 11) is 2.12. The zero-order chi connectivity index (χ0) is 14.7. The van der Waals surface area contributed by atoms with Crippen LogP contribution in [0.1, 0.15) is 57.6 Å². The Morgan fingerprint density at radius 1 is 1.30 bits per heavy atom. The molecule has 2 rings (SSSR count). The summed E-state index contributed by atoms with van der Waals surface area (Å²) in [5, 5.41) is 9.92. The topological polar surface area (TPSA) is 23.5 Å². The zero-order valence-corrected chi connectivity index (χ0v) is 12.8. The third-order valence-corrected chi connectivity index (χ3v) is 5.02. The minimum absolute atomic E-state index is 0.0617. The van der Waals surface area contributed by atoms with Gasteiger partial charge in [0.15, 0.2) is 0 Å². The molecular weight excluding hydrogens is 253 g/mol. The number of phenols is 1. The van der Waals surface area contributed by atoms with Crippen LogP contribution in [0.15, 0.2) is 18.2 Å². The van der Waals surface area contributed by atoms with Crippen LogP contribution in [0.5, 0.6) is 5.75 Å². The average molecular weight is 279 g/mol. The largest absolute Gasteiger partial charge is 0.508 e. The Morgan fingerprint density at radius 3 is 2.50 bits per heavy atom. The Labute approximate surface area is 121 Å². The summed E-state index contributed by atoms with van der Waals surface area (Å²) in [6.07, 6.45) is 6.33. The van der Waals surface area contributed by atoms with Gasteiger partial charge in [-0.3, -0.25) is 4.90 Å². The molecule has 1 aromatic carbocycles. The van der Waals surface area contributed by atoms with Crippen LogP contribution in [0.3, 0.4) is 0 Å². The first-order valence-electron chi connectivity index (χ1n) is 7.73. The van der Waals surface area contributed by atoms with Crippen molar-refractivity contribution in [2.24, 2.45) is 5.92 Å². The van der Waals surface area contributed by atoms with Crippen LogP contribution in [0.25, 0.3) is 0 Å². The van der Waals surface area contributed by atoms with Gasteiger partial charge in [0.2, 0.25) is 0 Å². The Bertz CT molecular complexity index is 441. The van der Waals surface area contributed by atoms with Crippen molar-refractivity contribution in [3.63, 3.8) is 0 Å². The quantitative estimate of drug-likeness (QED) is 0.877. The lowest BCUT2D eigenvalue weighted by Gasteiger charge is -2.38. The molecule has 0 spiro atoms. The highest BCUT2D eigenvalue weighted by atomic mass is 19.1. The molecule has 3 heteroatoms. The molecule has 20 heavy (non-hydrogen) atoms. The van der Waals surface area contributed by atoms with E-state index in [1.165, 1.54) is 44.2 Å². The summed E-state index contributed by atoms with van der Waals surface area (Å²) in [5.74, 6) is 0.560. The van der Waals surface area contributed by atoms with Crippen molar-refractivity contribution in [2.45, 2.75) is 58.0 Å². The first kappa shape index (κ1) is 15.3. The molecule has 2 nitrogen and oxygen atoms in total. The highest BCUT2D eigenvalue weighted by molar-refractivity contribution is 5.35. The van der Waals surface area contributed by atoms with E-state index in [1.54, 1.807) is 6.07 Å². The number of halogens is 1. The monoisotopic (exact) mass is 279 g/mol. The lowest BCUT2D eigenvalue weighted by atomic mass is 9.83. The highest BCUT2D eigenvalue weighted by Gasteiger charge is 2.27. The van der Waals surface area contributed by atoms with Gasteiger partial charge in [0, 0.05) is 23.7 Å². The van der Waals surface area contributed by atoms with Crippen LogP contribution in [0, 0.1) is 11.7 Å². The molecule has 0 saturated heterocycles. The molecule has 1 atom stereocenters. The predicted molar refractivity (Wildman–Crippen MR) is 80.3 cm³/mol. The van der Waals surface area contributed by atoms with Crippen LogP contribution in [-0.4, -0.2) is 23.1 Å². The van der Waals surface area contributed by atoms with Crippen LogP contribution < -0.4 is 0 Å². The van der Waals surface area contributed by atoms with E-state index in [2.05, 4.69) is 25.8 Å². The lowest BCUT2D eigenvalue weighted by Crippen LogP contribution is -2.36. The van der Waals surface area contributed by atoms with Gasteiger partial charge in [-0.05, 0) is 51.6 Å². The Kier molecular flexibility index (Phi) is 5.03. The fourth-order valence-corrected chi connectivity index (χ4v) is 3.37. The molecule has 1 N–H and O–H groups in total. The van der Waals surface area contributed by atoms with Gasteiger partial charge in [-0.15, -0.1) is 0 Å². The molecule has 0 aliphatic heterocycles. The summed E-state index contributed by atoms with van der Waals surface area (Å²) < 4.78 is 13.1. The molecule has 0 aromatic heterocycles. The van der Waals surface area contributed by atoms with Crippen molar-refractivity contribution >= 4 is 0 Å². The number of nitrogens with zero attached hydrogens (tertiary/aromatic N) is 1. The summed E-state index contributed by atoms with van der Waals surface area (Å²) in [6, 6.07) is 5.00. The average Bonchev–Trinajstić information content (AvgIpc) is 2.46. The molecule has 0 amide bonds. The maximum Gasteiger partial charge on any atom is 0.126 e. The van der Waals surface area contributed by atoms with Crippen molar-refractivity contribution in [3.05, 3.63) is 29.6 Å². The fourth-order valence-electron chi connectivity index (χ4n) is 3.37. The molecule has 1 aliphatic rings. The summed E-state index contributed by atoms with van der Waals surface area (Å²) >= 11 is 0. The van der Waals surface area contributed by atoms with E-state index in [1.807, 2.05) is 0 Å². The molecule has 0 radical (unpaired) electrons. The molecular formula is C17H26FNO. The number of hydrogen-bond acceptors (Lipinski definition) is 2. The maximum absolute atomic E-state index is 13.1. The maximum atomic E-state index is 13.1. The van der Waals surface area contributed by atoms with Crippen molar-refractivity contribution in [3.8, 4) is 5.75 Å². The Balaban J connectivity index is 2.03. The van der Waals surface area contributed by atoms with Crippen LogP contribution in [0.4, 0.5) is 4.39 Å². The van der Waals surface area contributed by atoms with E-state index in [0.29, 0.717) is 6.04 Å². The van der Waals surface area contributed by atoms with Gasteiger partial charge < -0.3 is 5.11 Å². The van der Waals surface area contributed by atoms with Gasteiger partial charge >= 0.3 is 0 Å². The number of phenolic OH excluding ortho intramolecular Hbond substituents is 1. The fraction of sp³-hybridized carbons (Fsp3) is 0.647. The molecule has 112 valence electrons. The molecule has 1 fully saturated rings. The normalized spacial score (nSPS) is 24.9. The second-order valence-corrected chi connectivity index (χ2v) is 6.13. The van der Waals surface area contributed by atoms with Crippen LogP contribution in [0.2, 0.25) is 0 Å². The smallest absolute Gasteiger partial charge is 0.126 e. The Hall–Kier alpha value is -1.09. The lowest BCUT2D eigenvalue weighted by molar-refractivity contribution is 0.125. The SMILES string of the molecule is CCC1CCC(N(C)C(C)c2ccc(F)cc2O)CC1. The van der Waals surface area contributed by atoms with E-state index in [9.17, 15) is 9.50 Å². The number of benzene rings is 1. The standard InChI is InChI=1S/C17H26FNO/c1-4-13-5-8-15(9-6-13)19(3)12(2)16-10-7-14(18)11-17(16)20/h7,10-13,15,20H,4-6,8-9H2,1-3H3. The van der Waals surface area contributed by atoms with Crippen molar-refractivity contribution in [1.82, 2.24) is 4.90 Å². The van der Waals surface area contributed by atoms with Crippen molar-refractivity contribution in [1.29, 1.82) is 0 Å². The Morgan fingerprint density at radius 2 is 1.95 bits per heavy atom. The van der Waals surface area contributed by atoms with Crippen molar-refractivity contribution in [2.75, 3.05) is 7.05 Å². The highest BCUT2D eigenvalue weighted by Crippen LogP contribution is 2.35. The molecule has 0 heterocycles. The minimum Gasteiger partial charge on any atom is -0.508 e. The number of rotatable bonds is 4. The van der Waals surface area contributed by atoms with E-state index < -0.39 is 0 Å². The van der Waals surface area contributed by atoms with Gasteiger partial charge in [0.25, 0.3) is 0 Å². The minimum atomic E-state index is -0.385. The number of aromatic hydroxyl groups is 1. The van der Waals surface area contributed by atoms with E-state index in [4.69, 9.17) is 0 Å². The van der Waals surface area contributed by atoms with E-state index >= 15 is 0 Å². The van der Waals surface area contributed by atoms with Gasteiger partial charge in [-0.2, -0.15) is 0 Å². The zero-order valence-electron chi connectivity index (χ0n) is 12.8. The molecule has 1 aromatic rings. The van der Waals surface area contributed by atoms with Crippen LogP contribution >= 0.6 is 0 Å². The first-order chi connectivity index (χ1) is 9.52. The van der Waals surface area contributed by atoms with Gasteiger partial charge in [-0.25, -0.2) is 4.39 Å². The molecule has 1 saturated carbocycles. The number of hydrogen-bond donors (Lipinski definition) is 1. The second-order valence-electron chi connectivity index (χ2n) is 6.13. The van der Waals surface area contributed by atoms with E-state index in [0.717, 1.165) is 11.5 Å². The summed E-state index contributed by atoms with van der Waals surface area (Å²) in [6.45, 7) is 4.35. The van der Waals surface area contributed by atoms with Crippen LogP contribution in [-0.2, 0) is 0 Å². The van der Waals surface area contributed by atoms with Crippen molar-refractivity contribution < 1.29 is 9.50 Å². The van der Waals surface area contributed by atoms with Gasteiger partial charge in [0.05, 0.1) is 0 Å². The molecule has 0 bridgehead atoms. The summed E-state index contributed by atoms with van der Waals surface area (Å²) in [5.41, 5.74) is 0.812. The second kappa shape index (κ2) is 6.57. The van der Waals surface area contributed by atoms with Gasteiger partial charge in [-0.1, -0.05) is 19.4 Å². The summed E-state index contributed by atoms with van der Waals surface area (Å²) in [4.78, 5) is 2.33. The first-order valence-corrected chi connectivity index (χ1v) is 7.73.